The van der Waals surface area contributed by atoms with Crippen molar-refractivity contribution >= 4 is 5.97 Å². The third kappa shape index (κ3) is 3.10. The second-order valence-electron chi connectivity index (χ2n) is 6.79. The third-order valence-electron chi connectivity index (χ3n) is 4.80. The maximum Gasteiger partial charge on any atom is 0.341 e. The van der Waals surface area contributed by atoms with E-state index in [9.17, 15) is 14.0 Å². The van der Waals surface area contributed by atoms with Crippen LogP contribution in [0.25, 0.3) is 22.6 Å². The standard InChI is InChI=1S/C22H18FN3O3/c1-13-8-9-19(17(23)10-13)25-11-15-20(16(12-25)22(28)29-3)24-26(21(15)27)18-7-5-4-6-14(18)2/h4-12H,1-3H3. The van der Waals surface area contributed by atoms with Gasteiger partial charge in [0, 0.05) is 12.4 Å². The summed E-state index contributed by atoms with van der Waals surface area (Å²) in [5.41, 5.74) is 2.51. The van der Waals surface area contributed by atoms with Crippen molar-refractivity contribution in [2.24, 2.45) is 0 Å². The number of pyridine rings is 1. The Labute approximate surface area is 166 Å². The number of hydrogen-bond donors (Lipinski definition) is 0. The maximum atomic E-state index is 14.5. The van der Waals surface area contributed by atoms with Crippen molar-refractivity contribution in [1.82, 2.24) is 14.3 Å². The minimum absolute atomic E-state index is 0.0782. The Bertz CT molecular complexity index is 1270. The molecule has 0 amide bonds. The molecule has 29 heavy (non-hydrogen) atoms. The lowest BCUT2D eigenvalue weighted by molar-refractivity contribution is 0.0600. The van der Waals surface area contributed by atoms with Gasteiger partial charge in [-0.3, -0.25) is 4.79 Å². The molecule has 0 N–H and O–H groups in total. The molecule has 2 heterocycles. The molecule has 0 atom stereocenters. The smallest absolute Gasteiger partial charge is 0.341 e. The third-order valence-corrected chi connectivity index (χ3v) is 4.80. The molecule has 0 aromatic heterocycles. The summed E-state index contributed by atoms with van der Waals surface area (Å²) in [6, 6.07) is 12.0. The van der Waals surface area contributed by atoms with E-state index in [4.69, 9.17) is 4.74 Å². The van der Waals surface area contributed by atoms with E-state index in [0.717, 1.165) is 11.1 Å². The molecular weight excluding hydrogens is 373 g/mol. The number of rotatable bonds is 3. The van der Waals surface area contributed by atoms with Crippen LogP contribution in [0.2, 0.25) is 0 Å². The van der Waals surface area contributed by atoms with E-state index in [0.29, 0.717) is 5.69 Å². The molecule has 0 aliphatic carbocycles. The van der Waals surface area contributed by atoms with Crippen LogP contribution >= 0.6 is 0 Å². The van der Waals surface area contributed by atoms with Crippen molar-refractivity contribution in [1.29, 1.82) is 0 Å². The Morgan fingerprint density at radius 3 is 2.52 bits per heavy atom. The summed E-state index contributed by atoms with van der Waals surface area (Å²) in [5, 5.41) is 4.38. The van der Waals surface area contributed by atoms with Crippen molar-refractivity contribution < 1.29 is 13.9 Å². The Morgan fingerprint density at radius 1 is 1.07 bits per heavy atom. The topological polar surface area (TPSA) is 66.1 Å². The number of hydrogen-bond acceptors (Lipinski definition) is 4. The van der Waals surface area contributed by atoms with Crippen LogP contribution in [0.3, 0.4) is 0 Å². The fourth-order valence-corrected chi connectivity index (χ4v) is 3.29. The number of benzene rings is 2. The van der Waals surface area contributed by atoms with Crippen molar-refractivity contribution in [3.8, 4) is 22.6 Å². The molecule has 0 bridgehead atoms. The van der Waals surface area contributed by atoms with Gasteiger partial charge in [-0.1, -0.05) is 24.3 Å². The van der Waals surface area contributed by atoms with Crippen molar-refractivity contribution in [3.63, 3.8) is 0 Å². The molecule has 7 heteroatoms. The Morgan fingerprint density at radius 2 is 1.83 bits per heavy atom. The molecule has 6 nitrogen and oxygen atoms in total. The quantitative estimate of drug-likeness (QED) is 0.500. The summed E-state index contributed by atoms with van der Waals surface area (Å²) in [5.74, 6) is -1.13. The van der Waals surface area contributed by atoms with Crippen LogP contribution in [0, 0.1) is 19.7 Å². The first kappa shape index (κ1) is 18.6. The highest BCUT2D eigenvalue weighted by atomic mass is 19.1. The van der Waals surface area contributed by atoms with Crippen LogP contribution in [0.1, 0.15) is 21.5 Å². The zero-order valence-electron chi connectivity index (χ0n) is 16.1. The first-order valence-electron chi connectivity index (χ1n) is 8.96. The van der Waals surface area contributed by atoms with E-state index in [2.05, 4.69) is 5.10 Å². The Kier molecular flexibility index (Phi) is 4.50. The number of aromatic nitrogens is 3. The van der Waals surface area contributed by atoms with Gasteiger partial charge in [0.05, 0.1) is 24.0 Å². The van der Waals surface area contributed by atoms with Gasteiger partial charge < -0.3 is 9.30 Å². The molecule has 2 aliphatic heterocycles. The molecule has 0 unspecified atom stereocenters. The number of carbonyl (C=O) groups excluding carboxylic acids is 1. The summed E-state index contributed by atoms with van der Waals surface area (Å²) >= 11 is 0. The molecule has 0 saturated heterocycles. The molecule has 0 fully saturated rings. The van der Waals surface area contributed by atoms with Crippen LogP contribution < -0.4 is 5.56 Å². The molecule has 0 spiro atoms. The highest BCUT2D eigenvalue weighted by molar-refractivity contribution is 5.96. The van der Waals surface area contributed by atoms with E-state index in [-0.39, 0.29) is 22.5 Å². The van der Waals surface area contributed by atoms with Crippen LogP contribution in [0.5, 0.6) is 0 Å². The van der Waals surface area contributed by atoms with E-state index < -0.39 is 17.3 Å². The number of esters is 1. The first-order valence-corrected chi connectivity index (χ1v) is 8.96. The van der Waals surface area contributed by atoms with Crippen LogP contribution in [0.4, 0.5) is 4.39 Å². The molecule has 146 valence electrons. The van der Waals surface area contributed by atoms with Gasteiger partial charge in [0.1, 0.15) is 17.1 Å². The van der Waals surface area contributed by atoms with Crippen LogP contribution in [-0.4, -0.2) is 27.4 Å². The molecule has 2 aliphatic rings. The first-order chi connectivity index (χ1) is 13.9. The molecule has 0 saturated carbocycles. The minimum atomic E-state index is -0.661. The number of nitrogens with zero attached hydrogens (tertiary/aromatic N) is 3. The summed E-state index contributed by atoms with van der Waals surface area (Å²) in [6.45, 7) is 3.65. The average Bonchev–Trinajstić information content (AvgIpc) is 3.03. The van der Waals surface area contributed by atoms with E-state index in [1.165, 1.54) is 34.8 Å². The number of carbonyl (C=O) groups is 1. The van der Waals surface area contributed by atoms with Gasteiger partial charge >= 0.3 is 5.97 Å². The zero-order chi connectivity index (χ0) is 20.7. The molecule has 4 rings (SSSR count). The van der Waals surface area contributed by atoms with Crippen molar-refractivity contribution in [2.45, 2.75) is 13.8 Å². The maximum absolute atomic E-state index is 14.5. The number of methoxy groups -OCH3 is 1. The van der Waals surface area contributed by atoms with Gasteiger partial charge in [-0.15, -0.1) is 0 Å². The number of ether oxygens (including phenoxy) is 1. The number of para-hydroxylation sites is 1. The zero-order valence-corrected chi connectivity index (χ0v) is 16.1. The van der Waals surface area contributed by atoms with Gasteiger partial charge in [-0.05, 0) is 43.2 Å². The second-order valence-corrected chi connectivity index (χ2v) is 6.79. The minimum Gasteiger partial charge on any atom is -0.465 e. The summed E-state index contributed by atoms with van der Waals surface area (Å²) < 4.78 is 22.1. The monoisotopic (exact) mass is 391 g/mol. The van der Waals surface area contributed by atoms with Gasteiger partial charge in [-0.2, -0.15) is 9.78 Å². The van der Waals surface area contributed by atoms with E-state index in [1.807, 2.05) is 19.1 Å². The van der Waals surface area contributed by atoms with Crippen LogP contribution in [0.15, 0.2) is 59.7 Å². The lowest BCUT2D eigenvalue weighted by Gasteiger charge is -2.12. The predicted molar refractivity (Wildman–Crippen MR) is 107 cm³/mol. The largest absolute Gasteiger partial charge is 0.465 e. The number of aryl methyl sites for hydroxylation is 2. The fraction of sp³-hybridized carbons (Fsp3) is 0.136. The molecule has 2 aromatic rings. The SMILES string of the molecule is COC(=O)c1cn(-c2ccc(C)cc2F)cc2c(=O)n(-c3ccccc3C)nc1-2. The van der Waals surface area contributed by atoms with Gasteiger partial charge in [0.25, 0.3) is 5.56 Å². The Hall–Kier alpha value is -3.74. The lowest BCUT2D eigenvalue weighted by Crippen LogP contribution is -2.16. The highest BCUT2D eigenvalue weighted by Crippen LogP contribution is 2.26. The van der Waals surface area contributed by atoms with E-state index >= 15 is 0 Å². The normalized spacial score (nSPS) is 11.0. The highest BCUT2D eigenvalue weighted by Gasteiger charge is 2.26. The second kappa shape index (κ2) is 7.01. The van der Waals surface area contributed by atoms with Crippen molar-refractivity contribution in [3.05, 3.63) is 87.7 Å². The van der Waals surface area contributed by atoms with Gasteiger partial charge in [-0.25, -0.2) is 9.18 Å². The number of halogens is 1. The average molecular weight is 391 g/mol. The van der Waals surface area contributed by atoms with Gasteiger partial charge in [0.2, 0.25) is 0 Å². The van der Waals surface area contributed by atoms with Crippen LogP contribution in [-0.2, 0) is 4.74 Å². The summed E-state index contributed by atoms with van der Waals surface area (Å²) in [7, 11) is 1.24. The van der Waals surface area contributed by atoms with E-state index in [1.54, 1.807) is 31.2 Å². The molecule has 2 aromatic carbocycles. The lowest BCUT2D eigenvalue weighted by atomic mass is 10.1. The summed E-state index contributed by atoms with van der Waals surface area (Å²) in [4.78, 5) is 25.5. The molecular formula is C22H18FN3O3. The van der Waals surface area contributed by atoms with Gasteiger partial charge in [0.15, 0.2) is 0 Å². The summed E-state index contributed by atoms with van der Waals surface area (Å²) in [6.07, 6.45) is 2.91. The van der Waals surface area contributed by atoms with Crippen molar-refractivity contribution in [2.75, 3.05) is 7.11 Å². The molecule has 0 radical (unpaired) electrons. The predicted octanol–water partition coefficient (Wildman–Crippen LogP) is 3.67. The number of fused-ring (bicyclic) bond motifs is 1. The fourth-order valence-electron chi connectivity index (χ4n) is 3.29. The Balaban J connectivity index is 2.03.